The van der Waals surface area contributed by atoms with Crippen molar-refractivity contribution in [2.75, 3.05) is 0 Å². The molecular formula is C12H13FS. The van der Waals surface area contributed by atoms with Gasteiger partial charge in [-0.1, -0.05) is 26.7 Å². The smallest absolute Gasteiger partial charge is 0.0812 e. The summed E-state index contributed by atoms with van der Waals surface area (Å²) in [4.78, 5) is 0.574. The SMILES string of the molecule is C#Cc1cc(SF)cc(C(C)(C)C)c1. The van der Waals surface area contributed by atoms with Gasteiger partial charge in [0, 0.05) is 10.5 Å². The second-order valence-electron chi connectivity index (χ2n) is 4.22. The minimum atomic E-state index is -0.00264. The van der Waals surface area contributed by atoms with Crippen LogP contribution < -0.4 is 0 Å². The van der Waals surface area contributed by atoms with E-state index >= 15 is 0 Å². The number of halogens is 1. The lowest BCUT2D eigenvalue weighted by Crippen LogP contribution is -2.11. The molecular weight excluding hydrogens is 195 g/mol. The van der Waals surface area contributed by atoms with Crippen LogP contribution in [0.4, 0.5) is 3.89 Å². The molecule has 0 N–H and O–H groups in total. The summed E-state index contributed by atoms with van der Waals surface area (Å²) in [5, 5.41) is 0. The fraction of sp³-hybridized carbons (Fsp3) is 0.333. The Morgan fingerprint density at radius 2 is 1.93 bits per heavy atom. The van der Waals surface area contributed by atoms with Crippen molar-refractivity contribution in [3.05, 3.63) is 29.3 Å². The van der Waals surface area contributed by atoms with Gasteiger partial charge in [0.1, 0.15) is 0 Å². The maximum Gasteiger partial charge on any atom is 0.0812 e. The van der Waals surface area contributed by atoms with Crippen LogP contribution in [0.2, 0.25) is 0 Å². The van der Waals surface area contributed by atoms with E-state index in [9.17, 15) is 3.89 Å². The first kappa shape index (κ1) is 11.1. The Bertz CT molecular complexity index is 369. The fourth-order valence-electron chi connectivity index (χ4n) is 1.16. The molecule has 74 valence electrons. The maximum absolute atomic E-state index is 12.5. The summed E-state index contributed by atoms with van der Waals surface area (Å²) in [7, 11) is 0. The van der Waals surface area contributed by atoms with Gasteiger partial charge in [0.2, 0.25) is 0 Å². The molecule has 0 spiro atoms. The van der Waals surface area contributed by atoms with Gasteiger partial charge < -0.3 is 0 Å². The minimum Gasteiger partial charge on any atom is -0.160 e. The van der Waals surface area contributed by atoms with Gasteiger partial charge in [-0.2, -0.15) is 3.89 Å². The maximum atomic E-state index is 12.5. The molecule has 0 aliphatic heterocycles. The quantitative estimate of drug-likeness (QED) is 0.630. The normalized spacial score (nSPS) is 11.1. The summed E-state index contributed by atoms with van der Waals surface area (Å²) in [6, 6.07) is 5.45. The van der Waals surface area contributed by atoms with Gasteiger partial charge >= 0.3 is 0 Å². The Labute approximate surface area is 89.2 Å². The van der Waals surface area contributed by atoms with Gasteiger partial charge in [-0.3, -0.25) is 0 Å². The summed E-state index contributed by atoms with van der Waals surface area (Å²) < 4.78 is 12.5. The van der Waals surface area contributed by atoms with Crippen LogP contribution in [0.5, 0.6) is 0 Å². The highest BCUT2D eigenvalue weighted by atomic mass is 32.2. The van der Waals surface area contributed by atoms with Gasteiger partial charge in [0.25, 0.3) is 0 Å². The van der Waals surface area contributed by atoms with Crippen molar-refractivity contribution < 1.29 is 3.89 Å². The summed E-state index contributed by atoms with van der Waals surface area (Å²) in [5.41, 5.74) is 1.79. The molecule has 0 bridgehead atoms. The predicted molar refractivity (Wildman–Crippen MR) is 60.0 cm³/mol. The van der Waals surface area contributed by atoms with Gasteiger partial charge in [-0.25, -0.2) is 0 Å². The number of terminal acetylenes is 1. The van der Waals surface area contributed by atoms with E-state index in [0.29, 0.717) is 4.90 Å². The lowest BCUT2D eigenvalue weighted by Gasteiger charge is -2.19. The minimum absolute atomic E-state index is 0.00264. The van der Waals surface area contributed by atoms with Crippen LogP contribution in [-0.2, 0) is 5.41 Å². The first-order valence-corrected chi connectivity index (χ1v) is 5.10. The summed E-state index contributed by atoms with van der Waals surface area (Å²) in [6.07, 6.45) is 5.30. The molecule has 0 aliphatic rings. The Kier molecular flexibility index (Phi) is 3.23. The Morgan fingerprint density at radius 1 is 1.29 bits per heavy atom. The molecule has 0 heterocycles. The van der Waals surface area contributed by atoms with Crippen LogP contribution in [0.15, 0.2) is 23.1 Å². The predicted octanol–water partition coefficient (Wildman–Crippen LogP) is 3.94. The standard InChI is InChI=1S/C12H13FS/c1-5-9-6-10(12(2,3)4)8-11(7-9)14-13/h1,6-8H,2-4H3. The average Bonchev–Trinajstić information content (AvgIpc) is 2.15. The molecule has 0 unspecified atom stereocenters. The molecule has 2 heteroatoms. The molecule has 1 aromatic carbocycles. The Balaban J connectivity index is 3.26. The van der Waals surface area contributed by atoms with E-state index < -0.39 is 0 Å². The second kappa shape index (κ2) is 4.06. The average molecular weight is 208 g/mol. The van der Waals surface area contributed by atoms with E-state index in [1.807, 2.05) is 12.1 Å². The molecule has 0 atom stereocenters. The number of hydrogen-bond acceptors (Lipinski definition) is 1. The zero-order valence-electron chi connectivity index (χ0n) is 8.60. The van der Waals surface area contributed by atoms with E-state index in [4.69, 9.17) is 6.42 Å². The highest BCUT2D eigenvalue weighted by molar-refractivity contribution is 7.94. The lowest BCUT2D eigenvalue weighted by atomic mass is 9.86. The largest absolute Gasteiger partial charge is 0.160 e. The molecule has 0 fully saturated rings. The van der Waals surface area contributed by atoms with E-state index in [2.05, 4.69) is 26.7 Å². The third-order valence-corrected chi connectivity index (χ3v) is 2.44. The molecule has 0 saturated carbocycles. The van der Waals surface area contributed by atoms with Crippen molar-refractivity contribution in [2.45, 2.75) is 31.1 Å². The van der Waals surface area contributed by atoms with Crippen LogP contribution in [0.3, 0.4) is 0 Å². The third kappa shape index (κ3) is 2.52. The highest BCUT2D eigenvalue weighted by Crippen LogP contribution is 2.28. The molecule has 0 saturated heterocycles. The van der Waals surface area contributed by atoms with Crippen LogP contribution in [0.1, 0.15) is 31.9 Å². The molecule has 0 aliphatic carbocycles. The number of rotatable bonds is 1. The summed E-state index contributed by atoms with van der Waals surface area (Å²) >= 11 is 0.233. The third-order valence-electron chi connectivity index (χ3n) is 2.03. The fourth-order valence-corrected chi connectivity index (χ4v) is 1.50. The zero-order chi connectivity index (χ0) is 10.8. The molecule has 0 nitrogen and oxygen atoms in total. The molecule has 14 heavy (non-hydrogen) atoms. The van der Waals surface area contributed by atoms with E-state index in [1.54, 1.807) is 6.07 Å². The first-order chi connectivity index (χ1) is 6.47. The van der Waals surface area contributed by atoms with Gasteiger partial charge in [0.05, 0.1) is 12.1 Å². The van der Waals surface area contributed by atoms with Crippen molar-refractivity contribution in [3.63, 3.8) is 0 Å². The molecule has 1 rings (SSSR count). The first-order valence-electron chi connectivity index (χ1n) is 4.38. The van der Waals surface area contributed by atoms with Gasteiger partial charge in [0.15, 0.2) is 0 Å². The van der Waals surface area contributed by atoms with Crippen LogP contribution in [-0.4, -0.2) is 0 Å². The lowest BCUT2D eigenvalue weighted by molar-refractivity contribution is 0.588. The number of hydrogen-bond donors (Lipinski definition) is 0. The molecule has 0 radical (unpaired) electrons. The van der Waals surface area contributed by atoms with Crippen molar-refractivity contribution in [2.24, 2.45) is 0 Å². The molecule has 0 amide bonds. The van der Waals surface area contributed by atoms with E-state index in [0.717, 1.165) is 11.1 Å². The Morgan fingerprint density at radius 3 is 2.36 bits per heavy atom. The highest BCUT2D eigenvalue weighted by Gasteiger charge is 2.15. The zero-order valence-corrected chi connectivity index (χ0v) is 9.41. The van der Waals surface area contributed by atoms with E-state index in [-0.39, 0.29) is 17.6 Å². The van der Waals surface area contributed by atoms with Crippen molar-refractivity contribution in [3.8, 4) is 12.3 Å². The second-order valence-corrected chi connectivity index (χ2v) is 4.84. The summed E-state index contributed by atoms with van der Waals surface area (Å²) in [5.74, 6) is 2.53. The van der Waals surface area contributed by atoms with Crippen molar-refractivity contribution in [1.82, 2.24) is 0 Å². The summed E-state index contributed by atoms with van der Waals surface area (Å²) in [6.45, 7) is 6.24. The van der Waals surface area contributed by atoms with Crippen LogP contribution >= 0.6 is 12.1 Å². The van der Waals surface area contributed by atoms with Gasteiger partial charge in [-0.05, 0) is 29.2 Å². The topological polar surface area (TPSA) is 0 Å². The monoisotopic (exact) mass is 208 g/mol. The van der Waals surface area contributed by atoms with Gasteiger partial charge in [-0.15, -0.1) is 6.42 Å². The molecule has 0 aromatic heterocycles. The molecule has 1 aromatic rings. The van der Waals surface area contributed by atoms with Crippen LogP contribution in [0.25, 0.3) is 0 Å². The van der Waals surface area contributed by atoms with E-state index in [1.165, 1.54) is 0 Å². The van der Waals surface area contributed by atoms with Crippen molar-refractivity contribution >= 4 is 12.1 Å². The Hall–Kier alpha value is -0.940. The van der Waals surface area contributed by atoms with Crippen LogP contribution in [0, 0.1) is 12.3 Å². The van der Waals surface area contributed by atoms with Crippen molar-refractivity contribution in [1.29, 1.82) is 0 Å². The number of benzene rings is 1.